The average Bonchev–Trinajstić information content (AvgIpc) is 3.23. The molecule has 0 radical (unpaired) electrons. The lowest BCUT2D eigenvalue weighted by molar-refractivity contribution is -0.124. The molecule has 0 aliphatic carbocycles. The van der Waals surface area contributed by atoms with E-state index in [1.807, 2.05) is 54.6 Å². The third-order valence-electron chi connectivity index (χ3n) is 6.33. The zero-order valence-electron chi connectivity index (χ0n) is 20.5. The van der Waals surface area contributed by atoms with E-state index in [-0.39, 0.29) is 18.4 Å². The van der Waals surface area contributed by atoms with E-state index in [0.717, 1.165) is 23.4 Å². The van der Waals surface area contributed by atoms with Gasteiger partial charge in [0.1, 0.15) is 0 Å². The van der Waals surface area contributed by atoms with E-state index in [2.05, 4.69) is 20.9 Å². The van der Waals surface area contributed by atoms with Gasteiger partial charge in [-0.15, -0.1) is 0 Å². The second kappa shape index (κ2) is 10.7. The number of hydrogen-bond acceptors (Lipinski definition) is 6. The van der Waals surface area contributed by atoms with Gasteiger partial charge in [-0.05, 0) is 42.3 Å². The molecule has 1 fully saturated rings. The molecule has 8 nitrogen and oxygen atoms in total. The topological polar surface area (TPSA) is 99.8 Å². The number of fused-ring (bicyclic) bond motifs is 1. The predicted molar refractivity (Wildman–Crippen MR) is 143 cm³/mol. The highest BCUT2D eigenvalue weighted by atomic mass is 16.5. The number of piperazine rings is 1. The summed E-state index contributed by atoms with van der Waals surface area (Å²) in [6.45, 7) is 4.61. The summed E-state index contributed by atoms with van der Waals surface area (Å²) in [7, 11) is 0. The van der Waals surface area contributed by atoms with Crippen molar-refractivity contribution in [1.82, 2.24) is 10.2 Å². The number of carbonyl (C=O) groups is 3. The molecule has 0 aromatic heterocycles. The second-order valence-corrected chi connectivity index (χ2v) is 8.93. The molecule has 0 unspecified atom stereocenters. The van der Waals surface area contributed by atoms with Crippen LogP contribution in [0.5, 0.6) is 0 Å². The fourth-order valence-corrected chi connectivity index (χ4v) is 4.57. The van der Waals surface area contributed by atoms with Gasteiger partial charge in [0.2, 0.25) is 5.91 Å². The summed E-state index contributed by atoms with van der Waals surface area (Å²) in [4.78, 5) is 39.2. The summed E-state index contributed by atoms with van der Waals surface area (Å²) >= 11 is 0. The molecule has 3 N–H and O–H groups in total. The Hall–Kier alpha value is -4.43. The number of esters is 1. The number of rotatable bonds is 7. The molecular weight excluding hydrogens is 468 g/mol. The lowest BCUT2D eigenvalue weighted by atomic mass is 9.99. The molecule has 0 atom stereocenters. The van der Waals surface area contributed by atoms with Crippen LogP contribution < -0.4 is 16.0 Å². The summed E-state index contributed by atoms with van der Waals surface area (Å²) in [5, 5.41) is 9.19. The lowest BCUT2D eigenvalue weighted by Gasteiger charge is -2.26. The first-order valence-electron chi connectivity index (χ1n) is 12.3. The molecule has 0 bridgehead atoms. The molecule has 3 aromatic carbocycles. The summed E-state index contributed by atoms with van der Waals surface area (Å²) in [6.07, 6.45) is 0. The summed E-state index contributed by atoms with van der Waals surface area (Å²) in [5.74, 6) is -0.626. The van der Waals surface area contributed by atoms with Crippen LogP contribution in [0.4, 0.5) is 11.4 Å². The van der Waals surface area contributed by atoms with E-state index in [9.17, 15) is 14.4 Å². The Kier molecular flexibility index (Phi) is 7.00. The first kappa shape index (κ1) is 24.3. The van der Waals surface area contributed by atoms with Crippen molar-refractivity contribution in [2.75, 3.05) is 36.9 Å². The van der Waals surface area contributed by atoms with E-state index in [1.165, 1.54) is 0 Å². The van der Waals surface area contributed by atoms with Gasteiger partial charge in [0, 0.05) is 30.9 Å². The van der Waals surface area contributed by atoms with Crippen LogP contribution in [0.25, 0.3) is 11.3 Å². The van der Waals surface area contributed by atoms with Gasteiger partial charge >= 0.3 is 5.97 Å². The molecule has 0 saturated carbocycles. The Morgan fingerprint density at radius 1 is 1.00 bits per heavy atom. The Bertz CT molecular complexity index is 1370. The number of hydrogen-bond donors (Lipinski definition) is 3. The van der Waals surface area contributed by atoms with Crippen LogP contribution in [0.1, 0.15) is 34.0 Å². The van der Waals surface area contributed by atoms with Gasteiger partial charge in [0.05, 0.1) is 35.7 Å². The quantitative estimate of drug-likeness (QED) is 0.341. The minimum absolute atomic E-state index is 0.0492. The van der Waals surface area contributed by atoms with Crippen molar-refractivity contribution in [1.29, 1.82) is 0 Å². The third-order valence-corrected chi connectivity index (χ3v) is 6.33. The van der Waals surface area contributed by atoms with Crippen LogP contribution >= 0.6 is 0 Å². The van der Waals surface area contributed by atoms with Gasteiger partial charge in [-0.2, -0.15) is 0 Å². The zero-order valence-corrected chi connectivity index (χ0v) is 20.5. The zero-order chi connectivity index (χ0) is 25.8. The summed E-state index contributed by atoms with van der Waals surface area (Å²) in [6, 6.07) is 22.8. The number of anilines is 2. The molecule has 37 heavy (non-hydrogen) atoms. The Labute approximate surface area is 215 Å². The number of amides is 2. The maximum absolute atomic E-state index is 13.2. The van der Waals surface area contributed by atoms with Gasteiger partial charge in [0.25, 0.3) is 5.91 Å². The van der Waals surface area contributed by atoms with Crippen LogP contribution in [0, 0.1) is 0 Å². The van der Waals surface area contributed by atoms with Crippen molar-refractivity contribution < 1.29 is 19.1 Å². The predicted octanol–water partition coefficient (Wildman–Crippen LogP) is 3.73. The molecule has 2 aliphatic rings. The molecule has 5 rings (SSSR count). The highest BCUT2D eigenvalue weighted by Crippen LogP contribution is 2.38. The van der Waals surface area contributed by atoms with E-state index in [4.69, 9.17) is 4.74 Å². The van der Waals surface area contributed by atoms with Crippen LogP contribution in [-0.4, -0.2) is 48.9 Å². The smallest absolute Gasteiger partial charge is 0.338 e. The van der Waals surface area contributed by atoms with Crippen molar-refractivity contribution in [2.24, 2.45) is 0 Å². The Morgan fingerprint density at radius 2 is 1.78 bits per heavy atom. The van der Waals surface area contributed by atoms with Gasteiger partial charge in [0.15, 0.2) is 0 Å². The highest BCUT2D eigenvalue weighted by molar-refractivity contribution is 6.37. The SMILES string of the molecule is CCOC(=O)c1ccc2c(c1)NC(=O)C2=C(Nc1ccc(CN2CCNC(=O)C2)cc1)c1ccccc1. The van der Waals surface area contributed by atoms with Gasteiger partial charge in [-0.1, -0.05) is 48.5 Å². The van der Waals surface area contributed by atoms with Crippen LogP contribution in [0.2, 0.25) is 0 Å². The first-order valence-corrected chi connectivity index (χ1v) is 12.3. The van der Waals surface area contributed by atoms with Crippen molar-refractivity contribution in [3.8, 4) is 0 Å². The van der Waals surface area contributed by atoms with Crippen molar-refractivity contribution in [2.45, 2.75) is 13.5 Å². The Balaban J connectivity index is 1.45. The molecule has 0 spiro atoms. The highest BCUT2D eigenvalue weighted by Gasteiger charge is 2.29. The molecule has 188 valence electrons. The van der Waals surface area contributed by atoms with Crippen LogP contribution in [-0.2, 0) is 20.9 Å². The van der Waals surface area contributed by atoms with Crippen LogP contribution in [0.3, 0.4) is 0 Å². The number of nitrogens with zero attached hydrogens (tertiary/aromatic N) is 1. The molecule has 2 aliphatic heterocycles. The number of benzene rings is 3. The van der Waals surface area contributed by atoms with Crippen molar-refractivity contribution >= 4 is 40.4 Å². The molecule has 8 heteroatoms. The maximum Gasteiger partial charge on any atom is 0.338 e. The van der Waals surface area contributed by atoms with Crippen molar-refractivity contribution in [3.05, 3.63) is 95.1 Å². The summed E-state index contributed by atoms with van der Waals surface area (Å²) in [5.41, 5.74) is 5.63. The van der Waals surface area contributed by atoms with E-state index < -0.39 is 5.97 Å². The fraction of sp³-hybridized carbons (Fsp3) is 0.207. The standard InChI is InChI=1S/C29H28N4O4/c1-2-37-29(36)21-10-13-23-24(16-21)32-28(35)26(23)27(20-6-4-3-5-7-20)31-22-11-8-19(9-12-22)17-33-15-14-30-25(34)18-33/h3-13,16,31H,2,14-15,17-18H2,1H3,(H,30,34)(H,32,35). The normalized spacial score (nSPS) is 16.5. The van der Waals surface area contributed by atoms with Crippen molar-refractivity contribution in [3.63, 3.8) is 0 Å². The molecule has 1 saturated heterocycles. The maximum atomic E-state index is 13.2. The molecular formula is C29H28N4O4. The second-order valence-electron chi connectivity index (χ2n) is 8.93. The largest absolute Gasteiger partial charge is 0.462 e. The van der Waals surface area contributed by atoms with Gasteiger partial charge < -0.3 is 20.7 Å². The van der Waals surface area contributed by atoms with Gasteiger partial charge in [-0.3, -0.25) is 14.5 Å². The average molecular weight is 497 g/mol. The van der Waals surface area contributed by atoms with Gasteiger partial charge in [-0.25, -0.2) is 4.79 Å². The third kappa shape index (κ3) is 5.39. The summed E-state index contributed by atoms with van der Waals surface area (Å²) < 4.78 is 5.10. The number of ether oxygens (including phenoxy) is 1. The molecule has 2 amide bonds. The first-order chi connectivity index (χ1) is 18.0. The minimum atomic E-state index is -0.427. The molecule has 3 aromatic rings. The van der Waals surface area contributed by atoms with E-state index >= 15 is 0 Å². The fourth-order valence-electron chi connectivity index (χ4n) is 4.57. The molecule has 2 heterocycles. The number of nitrogens with one attached hydrogen (secondary N) is 3. The minimum Gasteiger partial charge on any atom is -0.462 e. The van der Waals surface area contributed by atoms with Crippen LogP contribution in [0.15, 0.2) is 72.8 Å². The Morgan fingerprint density at radius 3 is 2.51 bits per heavy atom. The number of carbonyl (C=O) groups excluding carboxylic acids is 3. The lowest BCUT2D eigenvalue weighted by Crippen LogP contribution is -2.47. The van der Waals surface area contributed by atoms with E-state index in [1.54, 1.807) is 25.1 Å². The van der Waals surface area contributed by atoms with E-state index in [0.29, 0.717) is 47.7 Å². The monoisotopic (exact) mass is 496 g/mol.